The van der Waals surface area contributed by atoms with Crippen LogP contribution in [0.2, 0.25) is 15.1 Å². The van der Waals surface area contributed by atoms with Gasteiger partial charge in [-0.25, -0.2) is 8.42 Å². The summed E-state index contributed by atoms with van der Waals surface area (Å²) >= 11 is 18.3. The molecule has 1 atom stereocenters. The number of nitrogens with one attached hydrogen (secondary N) is 1. The number of hydrogen-bond donors (Lipinski definition) is 1. The van der Waals surface area contributed by atoms with Crippen LogP contribution in [0.15, 0.2) is 36.4 Å². The van der Waals surface area contributed by atoms with Crippen LogP contribution in [0.25, 0.3) is 0 Å². The molecule has 0 radical (unpaired) electrons. The Balaban J connectivity index is 2.45. The fourth-order valence-corrected chi connectivity index (χ4v) is 4.59. The number of halogens is 3. The van der Waals surface area contributed by atoms with E-state index in [0.29, 0.717) is 38.4 Å². The van der Waals surface area contributed by atoms with Gasteiger partial charge in [0.1, 0.15) is 12.6 Å². The van der Waals surface area contributed by atoms with Crippen LogP contribution in [0.5, 0.6) is 0 Å². The van der Waals surface area contributed by atoms with Crippen molar-refractivity contribution in [3.05, 3.63) is 62.6 Å². The molecule has 0 fully saturated rings. The van der Waals surface area contributed by atoms with E-state index in [1.807, 2.05) is 0 Å². The molecule has 2 aromatic carbocycles. The van der Waals surface area contributed by atoms with Crippen molar-refractivity contribution in [1.82, 2.24) is 10.2 Å². The quantitative estimate of drug-likeness (QED) is 0.520. The smallest absolute Gasteiger partial charge is 0.244 e. The van der Waals surface area contributed by atoms with E-state index in [1.165, 1.54) is 4.90 Å². The zero-order valence-electron chi connectivity index (χ0n) is 18.7. The minimum atomic E-state index is -3.84. The molecule has 180 valence electrons. The number of rotatable bonds is 9. The highest BCUT2D eigenvalue weighted by atomic mass is 35.5. The van der Waals surface area contributed by atoms with Crippen molar-refractivity contribution in [3.8, 4) is 0 Å². The largest absolute Gasteiger partial charge is 0.355 e. The van der Waals surface area contributed by atoms with Crippen LogP contribution in [0.4, 0.5) is 5.69 Å². The van der Waals surface area contributed by atoms with Crippen LogP contribution in [-0.2, 0) is 26.2 Å². The van der Waals surface area contributed by atoms with E-state index >= 15 is 0 Å². The Morgan fingerprint density at radius 1 is 1.06 bits per heavy atom. The maximum atomic E-state index is 13.4. The second-order valence-electron chi connectivity index (χ2n) is 7.49. The summed E-state index contributed by atoms with van der Waals surface area (Å²) in [5.74, 6) is -0.930. The molecule has 0 heterocycles. The van der Waals surface area contributed by atoms with Gasteiger partial charge in [0.2, 0.25) is 21.8 Å². The predicted molar refractivity (Wildman–Crippen MR) is 134 cm³/mol. The van der Waals surface area contributed by atoms with Gasteiger partial charge in [0.25, 0.3) is 0 Å². The third-order valence-electron chi connectivity index (χ3n) is 5.04. The van der Waals surface area contributed by atoms with Crippen molar-refractivity contribution in [3.63, 3.8) is 0 Å². The van der Waals surface area contributed by atoms with Crippen LogP contribution in [-0.4, -0.2) is 50.5 Å². The number of sulfonamides is 1. The first-order valence-corrected chi connectivity index (χ1v) is 13.1. The first-order chi connectivity index (χ1) is 15.4. The molecule has 0 aliphatic rings. The molecule has 1 N–H and O–H groups in total. The molecule has 2 aromatic rings. The Hall–Kier alpha value is -2.00. The molecule has 2 rings (SSSR count). The van der Waals surface area contributed by atoms with Gasteiger partial charge in [-0.15, -0.1) is 0 Å². The van der Waals surface area contributed by atoms with Gasteiger partial charge in [-0.05, 0) is 56.2 Å². The number of hydrogen-bond acceptors (Lipinski definition) is 4. The monoisotopic (exact) mass is 533 g/mol. The molecule has 0 spiro atoms. The van der Waals surface area contributed by atoms with Crippen molar-refractivity contribution in [2.45, 2.75) is 33.4 Å². The van der Waals surface area contributed by atoms with E-state index in [-0.39, 0.29) is 12.5 Å². The van der Waals surface area contributed by atoms with Gasteiger partial charge in [0.15, 0.2) is 0 Å². The standard InChI is InChI=1S/C22H26Cl3N3O4S/c1-5-26-22(30)15(3)27(12-16-9-10-18(24)19(25)11-16)21(29)13-28(33(4,31)32)20-8-6-7-17(23)14(20)2/h6-11,15H,5,12-13H2,1-4H3,(H,26,30). The summed E-state index contributed by atoms with van der Waals surface area (Å²) in [4.78, 5) is 27.3. The fraction of sp³-hybridized carbons (Fsp3) is 0.364. The zero-order valence-corrected chi connectivity index (χ0v) is 21.8. The van der Waals surface area contributed by atoms with Crippen molar-refractivity contribution >= 4 is 62.3 Å². The van der Waals surface area contributed by atoms with Gasteiger partial charge >= 0.3 is 0 Å². The molecule has 7 nitrogen and oxygen atoms in total. The number of anilines is 1. The highest BCUT2D eigenvalue weighted by Gasteiger charge is 2.30. The summed E-state index contributed by atoms with van der Waals surface area (Å²) in [6.45, 7) is 4.92. The number of benzene rings is 2. The minimum Gasteiger partial charge on any atom is -0.355 e. The summed E-state index contributed by atoms with van der Waals surface area (Å²) in [6, 6.07) is 8.84. The molecule has 11 heteroatoms. The van der Waals surface area contributed by atoms with Crippen LogP contribution in [0.3, 0.4) is 0 Å². The number of likely N-dealkylation sites (N-methyl/N-ethyl adjacent to an activating group) is 1. The normalized spacial score (nSPS) is 12.2. The Labute approximate surface area is 209 Å². The maximum absolute atomic E-state index is 13.4. The first kappa shape index (κ1) is 27.2. The third-order valence-corrected chi connectivity index (χ3v) is 7.32. The lowest BCUT2D eigenvalue weighted by Gasteiger charge is -2.32. The molecule has 0 aromatic heterocycles. The molecule has 0 saturated heterocycles. The van der Waals surface area contributed by atoms with Gasteiger partial charge in [-0.3, -0.25) is 13.9 Å². The molecule has 2 amide bonds. The second kappa shape index (κ2) is 11.4. The van der Waals surface area contributed by atoms with Crippen LogP contribution in [0, 0.1) is 6.92 Å². The Bertz CT molecular complexity index is 1140. The average molecular weight is 535 g/mol. The highest BCUT2D eigenvalue weighted by Crippen LogP contribution is 2.29. The molecule has 33 heavy (non-hydrogen) atoms. The summed E-state index contributed by atoms with van der Waals surface area (Å²) in [5, 5.41) is 3.72. The predicted octanol–water partition coefficient (Wildman–Crippen LogP) is 4.27. The summed E-state index contributed by atoms with van der Waals surface area (Å²) in [6.07, 6.45) is 1.01. The van der Waals surface area contributed by atoms with Crippen LogP contribution < -0.4 is 9.62 Å². The molecule has 0 aliphatic carbocycles. The second-order valence-corrected chi connectivity index (χ2v) is 10.6. The number of amides is 2. The zero-order chi connectivity index (χ0) is 24.9. The molecular weight excluding hydrogens is 509 g/mol. The van der Waals surface area contributed by atoms with E-state index < -0.39 is 28.5 Å². The van der Waals surface area contributed by atoms with Gasteiger partial charge in [0.05, 0.1) is 22.0 Å². The van der Waals surface area contributed by atoms with Gasteiger partial charge in [-0.1, -0.05) is 46.9 Å². The molecule has 0 bridgehead atoms. The van der Waals surface area contributed by atoms with E-state index in [0.717, 1.165) is 10.6 Å². The van der Waals surface area contributed by atoms with Crippen LogP contribution in [0.1, 0.15) is 25.0 Å². The topological polar surface area (TPSA) is 86.8 Å². The van der Waals surface area contributed by atoms with Crippen molar-refractivity contribution < 1.29 is 18.0 Å². The summed E-state index contributed by atoms with van der Waals surface area (Å²) in [5.41, 5.74) is 1.45. The van der Waals surface area contributed by atoms with Crippen molar-refractivity contribution in [1.29, 1.82) is 0 Å². The van der Waals surface area contributed by atoms with E-state index in [9.17, 15) is 18.0 Å². The fourth-order valence-electron chi connectivity index (χ4n) is 3.20. The maximum Gasteiger partial charge on any atom is 0.244 e. The molecule has 1 unspecified atom stereocenters. The number of carbonyl (C=O) groups is 2. The van der Waals surface area contributed by atoms with Gasteiger partial charge in [-0.2, -0.15) is 0 Å². The SMILES string of the molecule is CCNC(=O)C(C)N(Cc1ccc(Cl)c(Cl)c1)C(=O)CN(c1cccc(Cl)c1C)S(C)(=O)=O. The average Bonchev–Trinajstić information content (AvgIpc) is 2.73. The molecule has 0 aliphatic heterocycles. The summed E-state index contributed by atoms with van der Waals surface area (Å²) in [7, 11) is -3.84. The number of carbonyl (C=O) groups excluding carboxylic acids is 2. The third kappa shape index (κ3) is 6.99. The lowest BCUT2D eigenvalue weighted by Crippen LogP contribution is -2.51. The van der Waals surface area contributed by atoms with Crippen LogP contribution >= 0.6 is 34.8 Å². The molecular formula is C22H26Cl3N3O4S. The lowest BCUT2D eigenvalue weighted by atomic mass is 10.1. The summed E-state index contributed by atoms with van der Waals surface area (Å²) < 4.78 is 26.2. The van der Waals surface area contributed by atoms with E-state index in [4.69, 9.17) is 34.8 Å². The molecule has 0 saturated carbocycles. The van der Waals surface area contributed by atoms with E-state index in [1.54, 1.807) is 57.2 Å². The van der Waals surface area contributed by atoms with E-state index in [2.05, 4.69) is 5.32 Å². The van der Waals surface area contributed by atoms with Gasteiger partial charge in [0, 0.05) is 18.1 Å². The van der Waals surface area contributed by atoms with Crippen molar-refractivity contribution in [2.75, 3.05) is 23.7 Å². The van der Waals surface area contributed by atoms with Gasteiger partial charge < -0.3 is 10.2 Å². The van der Waals surface area contributed by atoms with Crippen molar-refractivity contribution in [2.24, 2.45) is 0 Å². The number of nitrogens with zero attached hydrogens (tertiary/aromatic N) is 2. The Morgan fingerprint density at radius 2 is 1.73 bits per heavy atom. The highest BCUT2D eigenvalue weighted by molar-refractivity contribution is 7.92. The lowest BCUT2D eigenvalue weighted by molar-refractivity contribution is -0.139. The Morgan fingerprint density at radius 3 is 2.30 bits per heavy atom. The Kier molecular flexibility index (Phi) is 9.43. The first-order valence-electron chi connectivity index (χ1n) is 10.1. The minimum absolute atomic E-state index is 0.0279.